The Kier molecular flexibility index (Phi) is 8.34. The molecular formula is C61H40N2S. The van der Waals surface area contributed by atoms with E-state index in [-0.39, 0.29) is 0 Å². The van der Waals surface area contributed by atoms with Crippen molar-refractivity contribution in [1.82, 2.24) is 0 Å². The number of rotatable bonds is 6. The lowest BCUT2D eigenvalue weighted by atomic mass is 9.64. The van der Waals surface area contributed by atoms with Gasteiger partial charge in [0.25, 0.3) is 0 Å². The zero-order valence-corrected chi connectivity index (χ0v) is 35.7. The number of fused-ring (bicyclic) bond motifs is 12. The van der Waals surface area contributed by atoms with Crippen molar-refractivity contribution in [3.05, 3.63) is 265 Å². The van der Waals surface area contributed by atoms with Crippen molar-refractivity contribution in [3.8, 4) is 33.4 Å². The lowest BCUT2D eigenvalue weighted by Gasteiger charge is -2.45. The molecule has 0 radical (unpaired) electrons. The van der Waals surface area contributed by atoms with Crippen LogP contribution in [0, 0.1) is 0 Å². The minimum absolute atomic E-state index is 0.559. The normalized spacial score (nSPS) is 13.1. The predicted molar refractivity (Wildman–Crippen MR) is 270 cm³/mol. The van der Waals surface area contributed by atoms with Gasteiger partial charge in [0.05, 0.1) is 16.8 Å². The van der Waals surface area contributed by atoms with E-state index in [1.165, 1.54) is 87.2 Å². The second-order valence-electron chi connectivity index (χ2n) is 16.8. The van der Waals surface area contributed by atoms with Crippen LogP contribution in [-0.4, -0.2) is 0 Å². The van der Waals surface area contributed by atoms with Crippen molar-refractivity contribution in [2.45, 2.75) is 5.41 Å². The first-order valence-corrected chi connectivity index (χ1v) is 22.8. The van der Waals surface area contributed by atoms with Gasteiger partial charge in [-0.05, 0) is 122 Å². The first kappa shape index (κ1) is 36.7. The number of hydrogen-bond donors (Lipinski definition) is 0. The molecule has 1 aromatic heterocycles. The lowest BCUT2D eigenvalue weighted by Crippen LogP contribution is -2.36. The minimum Gasteiger partial charge on any atom is -0.310 e. The number of anilines is 6. The summed E-state index contributed by atoms with van der Waals surface area (Å²) in [6.45, 7) is 0. The van der Waals surface area contributed by atoms with Crippen LogP contribution in [0.3, 0.4) is 0 Å². The summed E-state index contributed by atoms with van der Waals surface area (Å²) in [5, 5.41) is 2.63. The molecule has 2 heterocycles. The lowest BCUT2D eigenvalue weighted by molar-refractivity contribution is 0.752. The molecule has 1 aliphatic carbocycles. The van der Waals surface area contributed by atoms with E-state index in [9.17, 15) is 0 Å². The van der Waals surface area contributed by atoms with Gasteiger partial charge in [-0.2, -0.15) is 0 Å². The molecule has 64 heavy (non-hydrogen) atoms. The molecule has 0 bridgehead atoms. The third-order valence-corrected chi connectivity index (χ3v) is 14.7. The Bertz CT molecular complexity index is 3510. The molecule has 0 fully saturated rings. The molecule has 2 aliphatic rings. The molecule has 11 aromatic rings. The fraction of sp³-hybridized carbons (Fsp3) is 0.0164. The zero-order valence-electron chi connectivity index (χ0n) is 34.9. The van der Waals surface area contributed by atoms with Crippen LogP contribution in [0.25, 0.3) is 53.6 Å². The van der Waals surface area contributed by atoms with E-state index in [1.54, 1.807) is 0 Å². The number of para-hydroxylation sites is 3. The molecule has 0 unspecified atom stereocenters. The van der Waals surface area contributed by atoms with Crippen LogP contribution < -0.4 is 9.80 Å². The van der Waals surface area contributed by atoms with Crippen LogP contribution in [0.1, 0.15) is 22.3 Å². The van der Waals surface area contributed by atoms with Crippen molar-refractivity contribution >= 4 is 65.6 Å². The molecule has 0 amide bonds. The van der Waals surface area contributed by atoms with Gasteiger partial charge < -0.3 is 9.80 Å². The average Bonchev–Trinajstić information content (AvgIpc) is 3.89. The third kappa shape index (κ3) is 5.44. The number of nitrogens with zero attached hydrogens (tertiary/aromatic N) is 2. The van der Waals surface area contributed by atoms with Crippen molar-refractivity contribution in [1.29, 1.82) is 0 Å². The highest BCUT2D eigenvalue weighted by Crippen LogP contribution is 2.64. The van der Waals surface area contributed by atoms with Gasteiger partial charge in [-0.15, -0.1) is 11.3 Å². The Morgan fingerprint density at radius 3 is 1.58 bits per heavy atom. The standard InChI is InChI=1S/C61H40N2S/c1-3-16-41(17-4-1)42-30-34-45(35-31-42)62(46-36-32-43(33-37-46)48-22-15-23-52-51-21-8-14-29-59(51)64-60(48)52)47-38-39-50-49-20-7-9-24-53(49)61(56(50)40-47)54-25-10-12-27-57(54)63(44-18-5-2-6-19-44)58-28-13-11-26-55(58)61/h1-40H. The largest absolute Gasteiger partial charge is 0.310 e. The van der Waals surface area contributed by atoms with E-state index >= 15 is 0 Å². The molecule has 2 nitrogen and oxygen atoms in total. The number of benzene rings is 10. The van der Waals surface area contributed by atoms with E-state index in [1.807, 2.05) is 11.3 Å². The molecule has 1 aliphatic heterocycles. The zero-order chi connectivity index (χ0) is 42.2. The minimum atomic E-state index is -0.559. The van der Waals surface area contributed by atoms with Gasteiger partial charge in [0.1, 0.15) is 0 Å². The van der Waals surface area contributed by atoms with Crippen LogP contribution in [0.5, 0.6) is 0 Å². The molecule has 0 saturated heterocycles. The van der Waals surface area contributed by atoms with Crippen LogP contribution in [-0.2, 0) is 5.41 Å². The van der Waals surface area contributed by atoms with E-state index < -0.39 is 5.41 Å². The maximum atomic E-state index is 2.48. The second kappa shape index (κ2) is 14.6. The summed E-state index contributed by atoms with van der Waals surface area (Å²) in [6, 6.07) is 89.5. The van der Waals surface area contributed by atoms with Crippen molar-refractivity contribution < 1.29 is 0 Å². The Morgan fingerprint density at radius 1 is 0.344 bits per heavy atom. The van der Waals surface area contributed by atoms with Gasteiger partial charge in [-0.1, -0.05) is 176 Å². The van der Waals surface area contributed by atoms with Gasteiger partial charge in [0, 0.05) is 42.9 Å². The molecule has 300 valence electrons. The highest BCUT2D eigenvalue weighted by atomic mass is 32.1. The first-order chi connectivity index (χ1) is 31.8. The summed E-state index contributed by atoms with van der Waals surface area (Å²) in [6.07, 6.45) is 0. The predicted octanol–water partition coefficient (Wildman–Crippen LogP) is 17.0. The molecule has 1 spiro atoms. The van der Waals surface area contributed by atoms with Crippen molar-refractivity contribution in [2.24, 2.45) is 0 Å². The molecule has 3 heteroatoms. The number of thiophene rings is 1. The maximum absolute atomic E-state index is 2.48. The van der Waals surface area contributed by atoms with Gasteiger partial charge in [0.15, 0.2) is 0 Å². The maximum Gasteiger partial charge on any atom is 0.0755 e. The van der Waals surface area contributed by atoms with E-state index in [0.29, 0.717) is 0 Å². The van der Waals surface area contributed by atoms with Gasteiger partial charge in [-0.25, -0.2) is 0 Å². The molecular weight excluding hydrogens is 793 g/mol. The van der Waals surface area contributed by atoms with Crippen molar-refractivity contribution in [3.63, 3.8) is 0 Å². The highest BCUT2D eigenvalue weighted by molar-refractivity contribution is 7.26. The fourth-order valence-corrected chi connectivity index (χ4v) is 12.0. The Balaban J connectivity index is 1.02. The summed E-state index contributed by atoms with van der Waals surface area (Å²) in [4.78, 5) is 4.88. The Labute approximate surface area is 377 Å². The summed E-state index contributed by atoms with van der Waals surface area (Å²) in [5.74, 6) is 0. The summed E-state index contributed by atoms with van der Waals surface area (Å²) < 4.78 is 2.64. The van der Waals surface area contributed by atoms with Gasteiger partial charge in [-0.3, -0.25) is 0 Å². The second-order valence-corrected chi connectivity index (χ2v) is 17.9. The molecule has 10 aromatic carbocycles. The van der Waals surface area contributed by atoms with Crippen LogP contribution in [0.15, 0.2) is 243 Å². The van der Waals surface area contributed by atoms with Crippen molar-refractivity contribution in [2.75, 3.05) is 9.80 Å². The first-order valence-electron chi connectivity index (χ1n) is 22.0. The Morgan fingerprint density at radius 2 is 0.859 bits per heavy atom. The van der Waals surface area contributed by atoms with E-state index in [0.717, 1.165) is 22.7 Å². The fourth-order valence-electron chi connectivity index (χ4n) is 10.7. The topological polar surface area (TPSA) is 6.48 Å². The summed E-state index contributed by atoms with van der Waals surface area (Å²) in [5.41, 5.74) is 18.9. The molecule has 0 N–H and O–H groups in total. The van der Waals surface area contributed by atoms with Crippen LogP contribution >= 0.6 is 11.3 Å². The van der Waals surface area contributed by atoms with Crippen LogP contribution in [0.4, 0.5) is 34.1 Å². The quantitative estimate of drug-likeness (QED) is 0.165. The van der Waals surface area contributed by atoms with Gasteiger partial charge in [0.2, 0.25) is 0 Å². The van der Waals surface area contributed by atoms with E-state index in [4.69, 9.17) is 0 Å². The molecule has 0 atom stereocenters. The number of hydrogen-bond acceptors (Lipinski definition) is 3. The average molecular weight is 833 g/mol. The highest BCUT2D eigenvalue weighted by Gasteiger charge is 2.51. The molecule has 13 rings (SSSR count). The van der Waals surface area contributed by atoms with Gasteiger partial charge >= 0.3 is 0 Å². The van der Waals surface area contributed by atoms with E-state index in [2.05, 4.69) is 252 Å². The summed E-state index contributed by atoms with van der Waals surface area (Å²) in [7, 11) is 0. The SMILES string of the molecule is c1ccc(-c2ccc(N(c3ccc(-c4cccc5c4sc4ccccc45)cc3)c3ccc4c(c3)C3(c5ccccc5-4)c4ccccc4N(c4ccccc4)c4ccccc43)cc2)cc1. The Hall–Kier alpha value is -7.98. The summed E-state index contributed by atoms with van der Waals surface area (Å²) >= 11 is 1.88. The smallest absolute Gasteiger partial charge is 0.0755 e. The monoisotopic (exact) mass is 832 g/mol. The molecule has 0 saturated carbocycles. The third-order valence-electron chi connectivity index (χ3n) is 13.5. The van der Waals surface area contributed by atoms with Crippen LogP contribution in [0.2, 0.25) is 0 Å².